The fourth-order valence-electron chi connectivity index (χ4n) is 3.94. The molecule has 1 atom stereocenters. The fraction of sp³-hybridized carbons (Fsp3) is 0.179. The number of amides is 1. The molecule has 1 aliphatic heterocycles. The summed E-state index contributed by atoms with van der Waals surface area (Å²) in [6.45, 7) is 3.83. The molecule has 182 valence electrons. The molecule has 1 unspecified atom stereocenters. The highest BCUT2D eigenvalue weighted by molar-refractivity contribution is 8.03. The number of dihydropyridines is 1. The third kappa shape index (κ3) is 5.37. The van der Waals surface area contributed by atoms with Crippen molar-refractivity contribution in [2.45, 2.75) is 19.8 Å². The summed E-state index contributed by atoms with van der Waals surface area (Å²) in [5, 5.41) is 16.8. The lowest BCUT2D eigenvalue weighted by Gasteiger charge is -2.29. The average Bonchev–Trinajstić information content (AvgIpc) is 3.43. The number of thioether (sulfide) groups is 1. The van der Waals surface area contributed by atoms with Gasteiger partial charge in [-0.2, -0.15) is 5.26 Å². The first-order chi connectivity index (χ1) is 17.5. The van der Waals surface area contributed by atoms with Crippen LogP contribution in [0.3, 0.4) is 0 Å². The number of nitrogens with one attached hydrogen (secondary N) is 2. The Morgan fingerprint density at radius 1 is 1.11 bits per heavy atom. The van der Waals surface area contributed by atoms with Crippen LogP contribution in [0.15, 0.2) is 93.6 Å². The minimum absolute atomic E-state index is 0.0591. The molecule has 7 nitrogen and oxygen atoms in total. The summed E-state index contributed by atoms with van der Waals surface area (Å²) >= 11 is 1.20. The van der Waals surface area contributed by atoms with Crippen molar-refractivity contribution >= 4 is 35.0 Å². The third-order valence-corrected chi connectivity index (χ3v) is 6.62. The molecule has 4 rings (SSSR count). The van der Waals surface area contributed by atoms with Crippen LogP contribution in [0.25, 0.3) is 5.70 Å². The molecule has 0 saturated heterocycles. The van der Waals surface area contributed by atoms with Crippen molar-refractivity contribution in [1.82, 2.24) is 5.32 Å². The van der Waals surface area contributed by atoms with Crippen LogP contribution in [0, 0.1) is 18.3 Å². The van der Waals surface area contributed by atoms with Gasteiger partial charge in [0, 0.05) is 5.69 Å². The molecule has 36 heavy (non-hydrogen) atoms. The van der Waals surface area contributed by atoms with Gasteiger partial charge < -0.3 is 19.8 Å². The maximum atomic E-state index is 13.2. The van der Waals surface area contributed by atoms with Gasteiger partial charge in [-0.1, -0.05) is 60.3 Å². The average molecular weight is 500 g/mol. The first-order valence-corrected chi connectivity index (χ1v) is 12.4. The number of anilines is 1. The van der Waals surface area contributed by atoms with Gasteiger partial charge in [0.15, 0.2) is 0 Å². The second-order valence-electron chi connectivity index (χ2n) is 7.95. The predicted octanol–water partition coefficient (Wildman–Crippen LogP) is 5.36. The van der Waals surface area contributed by atoms with Gasteiger partial charge in [-0.3, -0.25) is 4.79 Å². The largest absolute Gasteiger partial charge is 0.468 e. The Balaban J connectivity index is 1.72. The molecule has 0 fully saturated rings. The van der Waals surface area contributed by atoms with Gasteiger partial charge in [0.25, 0.3) is 0 Å². The lowest BCUT2D eigenvalue weighted by atomic mass is 9.84. The number of para-hydroxylation sites is 1. The number of nitriles is 1. The summed E-state index contributed by atoms with van der Waals surface area (Å²) in [5.74, 6) is -1.05. The van der Waals surface area contributed by atoms with Gasteiger partial charge in [0.05, 0.1) is 52.5 Å². The Hall–Kier alpha value is -4.22. The number of aryl methyl sites for hydroxylation is 1. The van der Waals surface area contributed by atoms with Crippen LogP contribution in [0.5, 0.6) is 0 Å². The van der Waals surface area contributed by atoms with E-state index >= 15 is 0 Å². The number of rotatable bonds is 8. The van der Waals surface area contributed by atoms with Gasteiger partial charge in [-0.05, 0) is 43.2 Å². The van der Waals surface area contributed by atoms with Crippen LogP contribution in [-0.2, 0) is 14.3 Å². The monoisotopic (exact) mass is 499 g/mol. The van der Waals surface area contributed by atoms with E-state index in [-0.39, 0.29) is 29.4 Å². The number of allylic oxidation sites excluding steroid dienone is 1. The quantitative estimate of drug-likeness (QED) is 0.402. The van der Waals surface area contributed by atoms with E-state index in [9.17, 15) is 14.9 Å². The normalized spacial score (nSPS) is 15.2. The zero-order valence-corrected chi connectivity index (χ0v) is 20.7. The van der Waals surface area contributed by atoms with E-state index in [0.29, 0.717) is 16.5 Å². The van der Waals surface area contributed by atoms with Crippen LogP contribution in [-0.4, -0.2) is 24.2 Å². The third-order valence-electron chi connectivity index (χ3n) is 5.60. The summed E-state index contributed by atoms with van der Waals surface area (Å²) in [6, 6.07) is 22.5. The highest BCUT2D eigenvalue weighted by Gasteiger charge is 2.38. The first-order valence-electron chi connectivity index (χ1n) is 11.4. The van der Waals surface area contributed by atoms with Gasteiger partial charge in [0.1, 0.15) is 5.76 Å². The summed E-state index contributed by atoms with van der Waals surface area (Å²) in [5.41, 5.74) is 3.50. The highest BCUT2D eigenvalue weighted by atomic mass is 32.2. The maximum absolute atomic E-state index is 13.2. The summed E-state index contributed by atoms with van der Waals surface area (Å²) in [6.07, 6.45) is 1.50. The lowest BCUT2D eigenvalue weighted by Crippen LogP contribution is -2.29. The molecule has 2 heterocycles. The Bertz CT molecular complexity index is 1350. The van der Waals surface area contributed by atoms with Crippen molar-refractivity contribution in [2.75, 3.05) is 17.7 Å². The zero-order valence-electron chi connectivity index (χ0n) is 19.9. The molecular weight excluding hydrogens is 474 g/mol. The van der Waals surface area contributed by atoms with E-state index in [1.165, 1.54) is 18.0 Å². The van der Waals surface area contributed by atoms with Crippen LogP contribution in [0.2, 0.25) is 0 Å². The van der Waals surface area contributed by atoms with E-state index in [1.807, 2.05) is 61.5 Å². The van der Waals surface area contributed by atoms with Crippen LogP contribution >= 0.6 is 11.8 Å². The number of furan rings is 1. The molecule has 0 saturated carbocycles. The summed E-state index contributed by atoms with van der Waals surface area (Å²) in [7, 11) is 0. The lowest BCUT2D eigenvalue weighted by molar-refractivity contribution is -0.138. The molecule has 3 aromatic rings. The van der Waals surface area contributed by atoms with E-state index in [2.05, 4.69) is 16.7 Å². The molecule has 8 heteroatoms. The number of nitrogens with zero attached hydrogens (tertiary/aromatic N) is 1. The Kier molecular flexibility index (Phi) is 7.93. The van der Waals surface area contributed by atoms with E-state index < -0.39 is 11.9 Å². The van der Waals surface area contributed by atoms with Crippen molar-refractivity contribution in [3.8, 4) is 6.07 Å². The maximum Gasteiger partial charge on any atom is 0.337 e. The minimum Gasteiger partial charge on any atom is -0.468 e. The molecule has 1 amide bonds. The second kappa shape index (κ2) is 11.5. The molecule has 0 radical (unpaired) electrons. The number of carbonyl (C=O) groups excluding carboxylic acids is 2. The van der Waals surface area contributed by atoms with E-state index in [0.717, 1.165) is 16.8 Å². The molecule has 0 spiro atoms. The number of ether oxygens (including phenoxy) is 1. The number of hydrogen-bond acceptors (Lipinski definition) is 7. The minimum atomic E-state index is -0.789. The van der Waals surface area contributed by atoms with Crippen molar-refractivity contribution in [1.29, 1.82) is 5.26 Å². The first kappa shape index (κ1) is 24.9. The second-order valence-corrected chi connectivity index (χ2v) is 8.94. The fourth-order valence-corrected chi connectivity index (χ4v) is 4.78. The molecule has 1 aliphatic rings. The smallest absolute Gasteiger partial charge is 0.337 e. The molecule has 1 aromatic heterocycles. The molecule has 0 aliphatic carbocycles. The van der Waals surface area contributed by atoms with Crippen LogP contribution < -0.4 is 10.6 Å². The van der Waals surface area contributed by atoms with Gasteiger partial charge in [-0.25, -0.2) is 4.79 Å². The summed E-state index contributed by atoms with van der Waals surface area (Å²) in [4.78, 5) is 25.9. The van der Waals surface area contributed by atoms with Gasteiger partial charge >= 0.3 is 5.97 Å². The van der Waals surface area contributed by atoms with E-state index in [1.54, 1.807) is 19.1 Å². The molecule has 0 bridgehead atoms. The number of benzene rings is 2. The van der Waals surface area contributed by atoms with Crippen molar-refractivity contribution in [3.05, 3.63) is 106 Å². The Morgan fingerprint density at radius 2 is 1.86 bits per heavy atom. The SMILES string of the molecule is CCOC(=O)C1=C(c2ccccc2)NC(SCC(=O)Nc2ccccc2C)=C(C#N)C1c1ccco1. The molecular formula is C28H25N3O4S. The Morgan fingerprint density at radius 3 is 2.53 bits per heavy atom. The number of esters is 1. The van der Waals surface area contributed by atoms with Crippen molar-refractivity contribution in [3.63, 3.8) is 0 Å². The summed E-state index contributed by atoms with van der Waals surface area (Å²) < 4.78 is 11.1. The van der Waals surface area contributed by atoms with Gasteiger partial charge in [-0.15, -0.1) is 0 Å². The van der Waals surface area contributed by atoms with E-state index in [4.69, 9.17) is 9.15 Å². The highest BCUT2D eigenvalue weighted by Crippen LogP contribution is 2.43. The molecule has 2 aromatic carbocycles. The number of hydrogen-bond donors (Lipinski definition) is 2. The van der Waals surface area contributed by atoms with Crippen molar-refractivity contribution < 1.29 is 18.7 Å². The zero-order chi connectivity index (χ0) is 25.5. The topological polar surface area (TPSA) is 104 Å². The van der Waals surface area contributed by atoms with Crippen LogP contribution in [0.1, 0.15) is 29.7 Å². The standard InChI is InChI=1S/C28H25N3O4S/c1-3-34-28(33)25-24(22-14-9-15-35-22)20(16-29)27(31-26(25)19-11-5-4-6-12-19)36-17-23(32)30-21-13-8-7-10-18(21)2/h4-15,24,31H,3,17H2,1-2H3,(H,30,32). The number of carbonyl (C=O) groups is 2. The van der Waals surface area contributed by atoms with Gasteiger partial charge in [0.2, 0.25) is 5.91 Å². The Labute approximate surface area is 213 Å². The predicted molar refractivity (Wildman–Crippen MR) is 139 cm³/mol. The van der Waals surface area contributed by atoms with Crippen LogP contribution in [0.4, 0.5) is 5.69 Å². The van der Waals surface area contributed by atoms with Crippen molar-refractivity contribution in [2.24, 2.45) is 0 Å². The molecule has 2 N–H and O–H groups in total.